The molecule has 0 aliphatic rings. The van der Waals surface area contributed by atoms with Gasteiger partial charge in [0.1, 0.15) is 18.3 Å². The first-order valence-corrected chi connectivity index (χ1v) is 15.8. The highest BCUT2D eigenvalue weighted by molar-refractivity contribution is 9.10. The Morgan fingerprint density at radius 1 is 1.05 bits per heavy atom. The molecule has 0 saturated carbocycles. The zero-order chi connectivity index (χ0) is 30.2. The summed E-state index contributed by atoms with van der Waals surface area (Å²) in [5.41, 5.74) is 1.77. The number of nitrogens with one attached hydrogen (secondary N) is 1. The van der Waals surface area contributed by atoms with E-state index in [1.807, 2.05) is 38.1 Å². The van der Waals surface area contributed by atoms with Gasteiger partial charge in [0.25, 0.3) is 10.0 Å². The van der Waals surface area contributed by atoms with E-state index < -0.39 is 28.5 Å². The fraction of sp³-hybridized carbons (Fsp3) is 0.333. The first-order chi connectivity index (χ1) is 19.5. The standard InChI is InChI=1S/C30H35BrClN3O5S/c1-5-6-17-33-30(37)22(3)34(19-23-9-11-24(31)12-10-23)29(36)20-35(27-18-25(32)13-16-28(27)40-4)41(38,39)26-14-7-21(2)8-15-26/h7-16,18,22H,5-6,17,19-20H2,1-4H3,(H,33,37)/t22-/m1/s1. The van der Waals surface area contributed by atoms with E-state index in [0.717, 1.165) is 32.7 Å². The monoisotopic (exact) mass is 663 g/mol. The van der Waals surface area contributed by atoms with Gasteiger partial charge in [-0.15, -0.1) is 0 Å². The van der Waals surface area contributed by atoms with E-state index >= 15 is 0 Å². The van der Waals surface area contributed by atoms with Crippen molar-refractivity contribution in [3.8, 4) is 5.75 Å². The molecule has 2 amide bonds. The number of carbonyl (C=O) groups excluding carboxylic acids is 2. The average Bonchev–Trinajstić information content (AvgIpc) is 2.95. The number of benzene rings is 3. The van der Waals surface area contributed by atoms with E-state index in [1.54, 1.807) is 31.2 Å². The number of sulfonamides is 1. The van der Waals surface area contributed by atoms with Crippen molar-refractivity contribution in [2.24, 2.45) is 0 Å². The minimum Gasteiger partial charge on any atom is -0.495 e. The van der Waals surface area contributed by atoms with Crippen LogP contribution in [0, 0.1) is 6.92 Å². The third-order valence-corrected chi connectivity index (χ3v) is 9.10. The van der Waals surface area contributed by atoms with Gasteiger partial charge in [-0.2, -0.15) is 0 Å². The van der Waals surface area contributed by atoms with E-state index in [4.69, 9.17) is 16.3 Å². The number of amides is 2. The van der Waals surface area contributed by atoms with Gasteiger partial charge in [0.15, 0.2) is 0 Å². The third kappa shape index (κ3) is 8.47. The molecule has 0 bridgehead atoms. The number of unbranched alkanes of at least 4 members (excludes halogenated alkanes) is 1. The van der Waals surface area contributed by atoms with Crippen LogP contribution in [0.25, 0.3) is 0 Å². The van der Waals surface area contributed by atoms with Crippen molar-refractivity contribution in [3.63, 3.8) is 0 Å². The average molecular weight is 665 g/mol. The maximum absolute atomic E-state index is 14.0. The Morgan fingerprint density at radius 3 is 2.32 bits per heavy atom. The lowest BCUT2D eigenvalue weighted by Crippen LogP contribution is -2.51. The van der Waals surface area contributed by atoms with Crippen LogP contribution in [-0.2, 0) is 26.2 Å². The first kappa shape index (κ1) is 32.4. The number of ether oxygens (including phenoxy) is 1. The Kier molecular flexibility index (Phi) is 11.6. The number of rotatable bonds is 13. The molecule has 0 radical (unpaired) electrons. The van der Waals surface area contributed by atoms with E-state index in [2.05, 4.69) is 21.2 Å². The summed E-state index contributed by atoms with van der Waals surface area (Å²) in [7, 11) is -2.84. The number of halogens is 2. The fourth-order valence-electron chi connectivity index (χ4n) is 4.11. The SMILES string of the molecule is CCCCNC(=O)[C@@H](C)N(Cc1ccc(Br)cc1)C(=O)CN(c1cc(Cl)ccc1OC)S(=O)(=O)c1ccc(C)cc1. The molecule has 0 aliphatic carbocycles. The van der Waals surface area contributed by atoms with Crippen molar-refractivity contribution in [2.75, 3.05) is 24.5 Å². The zero-order valence-corrected chi connectivity index (χ0v) is 26.7. The molecule has 0 heterocycles. The molecule has 3 rings (SSSR count). The Balaban J connectivity index is 2.06. The van der Waals surface area contributed by atoms with Crippen molar-refractivity contribution in [1.29, 1.82) is 0 Å². The van der Waals surface area contributed by atoms with Crippen molar-refractivity contribution in [3.05, 3.63) is 87.4 Å². The highest BCUT2D eigenvalue weighted by Crippen LogP contribution is 2.35. The van der Waals surface area contributed by atoms with Crippen LogP contribution in [0.3, 0.4) is 0 Å². The summed E-state index contributed by atoms with van der Waals surface area (Å²) in [6, 6.07) is 17.4. The number of carbonyl (C=O) groups is 2. The van der Waals surface area contributed by atoms with E-state index in [-0.39, 0.29) is 33.8 Å². The van der Waals surface area contributed by atoms with E-state index in [0.29, 0.717) is 6.54 Å². The van der Waals surface area contributed by atoms with Crippen LogP contribution in [0.5, 0.6) is 5.75 Å². The molecule has 0 aromatic heterocycles. The van der Waals surface area contributed by atoms with Crippen LogP contribution in [0.2, 0.25) is 5.02 Å². The summed E-state index contributed by atoms with van der Waals surface area (Å²) in [5.74, 6) is -0.663. The van der Waals surface area contributed by atoms with Gasteiger partial charge in [-0.1, -0.05) is 70.7 Å². The molecule has 0 saturated heterocycles. The van der Waals surface area contributed by atoms with Gasteiger partial charge in [0, 0.05) is 22.6 Å². The predicted octanol–water partition coefficient (Wildman–Crippen LogP) is 5.95. The molecule has 0 unspecified atom stereocenters. The largest absolute Gasteiger partial charge is 0.495 e. The van der Waals surface area contributed by atoms with Crippen LogP contribution in [-0.4, -0.2) is 51.4 Å². The Hall–Kier alpha value is -3.08. The number of anilines is 1. The minimum absolute atomic E-state index is 0.00254. The number of aryl methyl sites for hydroxylation is 1. The summed E-state index contributed by atoms with van der Waals surface area (Å²) >= 11 is 9.69. The summed E-state index contributed by atoms with van der Waals surface area (Å²) < 4.78 is 35.4. The van der Waals surface area contributed by atoms with Gasteiger partial charge in [0.05, 0.1) is 17.7 Å². The Bertz CT molecular complexity index is 1450. The molecular formula is C30H35BrClN3O5S. The topological polar surface area (TPSA) is 96.0 Å². The summed E-state index contributed by atoms with van der Waals surface area (Å²) in [4.78, 5) is 28.5. The summed E-state index contributed by atoms with van der Waals surface area (Å²) in [5, 5.41) is 3.15. The lowest BCUT2D eigenvalue weighted by Gasteiger charge is -2.32. The van der Waals surface area contributed by atoms with Crippen molar-refractivity contribution in [2.45, 2.75) is 51.1 Å². The maximum Gasteiger partial charge on any atom is 0.264 e. The molecule has 1 N–H and O–H groups in total. The molecule has 11 heteroatoms. The van der Waals surface area contributed by atoms with Crippen LogP contribution < -0.4 is 14.4 Å². The lowest BCUT2D eigenvalue weighted by molar-refractivity contribution is -0.139. The zero-order valence-electron chi connectivity index (χ0n) is 23.6. The van der Waals surface area contributed by atoms with Gasteiger partial charge in [-0.3, -0.25) is 13.9 Å². The molecule has 0 aliphatic heterocycles. The number of hydrogen-bond donors (Lipinski definition) is 1. The second-order valence-electron chi connectivity index (χ2n) is 9.61. The number of methoxy groups -OCH3 is 1. The predicted molar refractivity (Wildman–Crippen MR) is 166 cm³/mol. The first-order valence-electron chi connectivity index (χ1n) is 13.2. The number of nitrogens with zero attached hydrogens (tertiary/aromatic N) is 2. The second-order valence-corrected chi connectivity index (χ2v) is 12.8. The molecular weight excluding hydrogens is 630 g/mol. The minimum atomic E-state index is -4.25. The fourth-order valence-corrected chi connectivity index (χ4v) is 5.96. The summed E-state index contributed by atoms with van der Waals surface area (Å²) in [6.07, 6.45) is 1.71. The van der Waals surface area contributed by atoms with Crippen molar-refractivity contribution < 1.29 is 22.7 Å². The molecule has 0 fully saturated rings. The van der Waals surface area contributed by atoms with Crippen molar-refractivity contribution in [1.82, 2.24) is 10.2 Å². The number of hydrogen-bond acceptors (Lipinski definition) is 5. The molecule has 220 valence electrons. The quantitative estimate of drug-likeness (QED) is 0.228. The van der Waals surface area contributed by atoms with Crippen LogP contribution in [0.15, 0.2) is 76.1 Å². The highest BCUT2D eigenvalue weighted by Gasteiger charge is 2.34. The normalized spacial score (nSPS) is 12.0. The lowest BCUT2D eigenvalue weighted by atomic mass is 10.1. The molecule has 8 nitrogen and oxygen atoms in total. The van der Waals surface area contributed by atoms with Crippen LogP contribution in [0.4, 0.5) is 5.69 Å². The smallest absolute Gasteiger partial charge is 0.264 e. The van der Waals surface area contributed by atoms with E-state index in [9.17, 15) is 18.0 Å². The van der Waals surface area contributed by atoms with Crippen LogP contribution >= 0.6 is 27.5 Å². The van der Waals surface area contributed by atoms with Gasteiger partial charge < -0.3 is 15.0 Å². The van der Waals surface area contributed by atoms with Gasteiger partial charge in [-0.25, -0.2) is 8.42 Å². The molecule has 41 heavy (non-hydrogen) atoms. The highest BCUT2D eigenvalue weighted by atomic mass is 79.9. The van der Waals surface area contributed by atoms with Crippen LogP contribution in [0.1, 0.15) is 37.8 Å². The summed E-state index contributed by atoms with van der Waals surface area (Å²) in [6.45, 7) is 5.50. The third-order valence-electron chi connectivity index (χ3n) is 6.56. The molecule has 1 atom stereocenters. The molecule has 3 aromatic carbocycles. The van der Waals surface area contributed by atoms with Crippen molar-refractivity contribution >= 4 is 55.1 Å². The maximum atomic E-state index is 14.0. The Morgan fingerprint density at radius 2 is 1.71 bits per heavy atom. The van der Waals surface area contributed by atoms with Gasteiger partial charge in [0.2, 0.25) is 11.8 Å². The molecule has 0 spiro atoms. The van der Waals surface area contributed by atoms with Gasteiger partial charge in [-0.05, 0) is 68.3 Å². The second kappa shape index (κ2) is 14.7. The van der Waals surface area contributed by atoms with E-state index in [1.165, 1.54) is 30.2 Å². The Labute approximate surface area is 255 Å². The van der Waals surface area contributed by atoms with Gasteiger partial charge >= 0.3 is 0 Å². The molecule has 3 aromatic rings.